The Kier molecular flexibility index (Phi) is 6.08. The third kappa shape index (κ3) is 4.79. The van der Waals surface area contributed by atoms with Crippen LogP contribution in [0.2, 0.25) is 0 Å². The van der Waals surface area contributed by atoms with Crippen LogP contribution in [0.4, 0.5) is 4.79 Å². The first-order chi connectivity index (χ1) is 15.0. The lowest BCUT2D eigenvalue weighted by molar-refractivity contribution is -0.154. The second kappa shape index (κ2) is 8.93. The zero-order valence-electron chi connectivity index (χ0n) is 17.9. The van der Waals surface area contributed by atoms with Crippen LogP contribution in [0.15, 0.2) is 30.3 Å². The number of carbonyl (C=O) groups is 2. The third-order valence-corrected chi connectivity index (χ3v) is 5.68. The fourth-order valence-corrected chi connectivity index (χ4v) is 3.96. The van der Waals surface area contributed by atoms with Crippen LogP contribution in [-0.4, -0.2) is 76.1 Å². The molecule has 1 spiro atoms. The number of benzene rings is 1. The highest BCUT2D eigenvalue weighted by molar-refractivity contribution is 5.78. The number of piperidine rings is 1. The Morgan fingerprint density at radius 3 is 2.84 bits per heavy atom. The minimum absolute atomic E-state index is 0.00435. The lowest BCUT2D eigenvalue weighted by Gasteiger charge is -2.44. The number of hydrogen-bond acceptors (Lipinski definition) is 6. The number of fused-ring (bicyclic) bond motifs is 1. The molecule has 10 heteroatoms. The van der Waals surface area contributed by atoms with Gasteiger partial charge in [-0.3, -0.25) is 4.79 Å². The predicted octanol–water partition coefficient (Wildman–Crippen LogP) is 1.02. The van der Waals surface area contributed by atoms with E-state index in [1.54, 1.807) is 14.1 Å². The zero-order chi connectivity index (χ0) is 21.8. The van der Waals surface area contributed by atoms with Crippen molar-refractivity contribution in [1.29, 1.82) is 0 Å². The number of rotatable bonds is 5. The lowest BCUT2D eigenvalue weighted by Crippen LogP contribution is -2.56. The minimum atomic E-state index is -0.481. The lowest BCUT2D eigenvalue weighted by atomic mass is 9.91. The molecular weight excluding hydrogens is 400 g/mol. The van der Waals surface area contributed by atoms with Gasteiger partial charge >= 0.3 is 6.03 Å². The van der Waals surface area contributed by atoms with Gasteiger partial charge in [0.25, 0.3) is 5.91 Å². The molecule has 4 rings (SSSR count). The number of likely N-dealkylation sites (tertiary alicyclic amines) is 1. The van der Waals surface area contributed by atoms with Crippen LogP contribution in [0.3, 0.4) is 0 Å². The van der Waals surface area contributed by atoms with E-state index in [2.05, 4.69) is 15.6 Å². The van der Waals surface area contributed by atoms with E-state index in [0.29, 0.717) is 44.2 Å². The van der Waals surface area contributed by atoms with Gasteiger partial charge in [0, 0.05) is 20.6 Å². The number of urea groups is 1. The standard InChI is InChI=1S/C21H28N6O4/c1-25(2)20(29)22-11-17-18-12-31-21(15-27(18)24-23-17)9-6-10-26(14-21)19(28)13-30-16-7-4-3-5-8-16/h3-5,7-8H,6,9-15H2,1-2H3,(H,22,29). The Balaban J connectivity index is 1.36. The van der Waals surface area contributed by atoms with Gasteiger partial charge in [0.1, 0.15) is 17.0 Å². The summed E-state index contributed by atoms with van der Waals surface area (Å²) in [4.78, 5) is 27.8. The smallest absolute Gasteiger partial charge is 0.317 e. The van der Waals surface area contributed by atoms with Crippen LogP contribution < -0.4 is 10.1 Å². The molecule has 2 aromatic rings. The maximum absolute atomic E-state index is 12.7. The summed E-state index contributed by atoms with van der Waals surface area (Å²) in [6.07, 6.45) is 1.70. The molecule has 0 saturated carbocycles. The van der Waals surface area contributed by atoms with Crippen LogP contribution in [0.5, 0.6) is 5.75 Å². The average Bonchev–Trinajstić information content (AvgIpc) is 3.18. The first-order valence-corrected chi connectivity index (χ1v) is 10.4. The van der Waals surface area contributed by atoms with Gasteiger partial charge in [-0.15, -0.1) is 5.10 Å². The van der Waals surface area contributed by atoms with Gasteiger partial charge < -0.3 is 24.6 Å². The molecule has 31 heavy (non-hydrogen) atoms. The van der Waals surface area contributed by atoms with Crippen molar-refractivity contribution >= 4 is 11.9 Å². The highest BCUT2D eigenvalue weighted by Gasteiger charge is 2.42. The van der Waals surface area contributed by atoms with Crippen LogP contribution in [0.1, 0.15) is 24.2 Å². The molecule has 1 fully saturated rings. The van der Waals surface area contributed by atoms with E-state index in [0.717, 1.165) is 18.5 Å². The Bertz CT molecular complexity index is 931. The number of nitrogens with zero attached hydrogens (tertiary/aromatic N) is 5. The summed E-state index contributed by atoms with van der Waals surface area (Å²) in [5.74, 6) is 0.626. The van der Waals surface area contributed by atoms with Crippen molar-refractivity contribution in [2.45, 2.75) is 38.1 Å². The fourth-order valence-electron chi connectivity index (χ4n) is 3.96. The number of ether oxygens (including phenoxy) is 2. The molecule has 1 atom stereocenters. The summed E-state index contributed by atoms with van der Waals surface area (Å²) in [5, 5.41) is 11.3. The van der Waals surface area contributed by atoms with E-state index in [9.17, 15) is 9.59 Å². The molecular formula is C21H28N6O4. The van der Waals surface area contributed by atoms with E-state index in [1.807, 2.05) is 39.9 Å². The molecule has 166 valence electrons. The normalized spacial score (nSPS) is 20.3. The Labute approximate surface area is 181 Å². The Morgan fingerprint density at radius 2 is 2.06 bits per heavy atom. The molecule has 0 aliphatic carbocycles. The number of nitrogens with one attached hydrogen (secondary N) is 1. The fraction of sp³-hybridized carbons (Fsp3) is 0.524. The summed E-state index contributed by atoms with van der Waals surface area (Å²) in [7, 11) is 3.37. The molecule has 0 radical (unpaired) electrons. The average molecular weight is 428 g/mol. The maximum Gasteiger partial charge on any atom is 0.317 e. The van der Waals surface area contributed by atoms with E-state index < -0.39 is 5.60 Å². The number of amides is 3. The molecule has 0 bridgehead atoms. The van der Waals surface area contributed by atoms with E-state index in [1.165, 1.54) is 4.90 Å². The number of carbonyl (C=O) groups excluding carboxylic acids is 2. The maximum atomic E-state index is 12.7. The van der Waals surface area contributed by atoms with Crippen molar-refractivity contribution in [2.75, 3.05) is 33.8 Å². The summed E-state index contributed by atoms with van der Waals surface area (Å²) in [5.41, 5.74) is 1.08. The van der Waals surface area contributed by atoms with Gasteiger partial charge in [0.05, 0.1) is 31.9 Å². The highest BCUT2D eigenvalue weighted by atomic mass is 16.5. The van der Waals surface area contributed by atoms with Gasteiger partial charge in [0.15, 0.2) is 6.61 Å². The first-order valence-electron chi connectivity index (χ1n) is 10.4. The molecule has 1 saturated heterocycles. The molecule has 2 aliphatic rings. The van der Waals surface area contributed by atoms with Gasteiger partial charge in [0.2, 0.25) is 0 Å². The monoisotopic (exact) mass is 428 g/mol. The SMILES string of the molecule is CN(C)C(=O)NCc1nnn2c1COC1(CCCN(C(=O)COc3ccccc3)C1)C2. The number of para-hydroxylation sites is 1. The van der Waals surface area contributed by atoms with Gasteiger partial charge in [-0.05, 0) is 25.0 Å². The van der Waals surface area contributed by atoms with Gasteiger partial charge in [-0.1, -0.05) is 23.4 Å². The Hall–Kier alpha value is -3.14. The largest absolute Gasteiger partial charge is 0.484 e. The molecule has 3 amide bonds. The van der Waals surface area contributed by atoms with Crippen LogP contribution in [0.25, 0.3) is 0 Å². The van der Waals surface area contributed by atoms with Gasteiger partial charge in [-0.25, -0.2) is 9.48 Å². The molecule has 2 aliphatic heterocycles. The van der Waals surface area contributed by atoms with Crippen molar-refractivity contribution < 1.29 is 19.1 Å². The summed E-state index contributed by atoms with van der Waals surface area (Å²) in [6.45, 7) is 2.36. The summed E-state index contributed by atoms with van der Waals surface area (Å²) in [6, 6.07) is 9.14. The van der Waals surface area contributed by atoms with Crippen LogP contribution in [-0.2, 0) is 29.2 Å². The quantitative estimate of drug-likeness (QED) is 0.763. The van der Waals surface area contributed by atoms with Crippen LogP contribution >= 0.6 is 0 Å². The number of hydrogen-bond donors (Lipinski definition) is 1. The van der Waals surface area contributed by atoms with Crippen molar-refractivity contribution in [3.8, 4) is 5.75 Å². The minimum Gasteiger partial charge on any atom is -0.484 e. The summed E-state index contributed by atoms with van der Waals surface area (Å²) >= 11 is 0. The van der Waals surface area contributed by atoms with E-state index in [4.69, 9.17) is 9.47 Å². The second-order valence-electron chi connectivity index (χ2n) is 8.19. The molecule has 1 unspecified atom stereocenters. The zero-order valence-corrected chi connectivity index (χ0v) is 17.9. The van der Waals surface area contributed by atoms with Crippen molar-refractivity contribution in [3.63, 3.8) is 0 Å². The topological polar surface area (TPSA) is 102 Å². The van der Waals surface area contributed by atoms with Crippen molar-refractivity contribution in [3.05, 3.63) is 41.7 Å². The third-order valence-electron chi connectivity index (χ3n) is 5.68. The van der Waals surface area contributed by atoms with Crippen molar-refractivity contribution in [1.82, 2.24) is 30.1 Å². The van der Waals surface area contributed by atoms with Gasteiger partial charge in [-0.2, -0.15) is 0 Å². The molecule has 3 heterocycles. The predicted molar refractivity (Wildman–Crippen MR) is 111 cm³/mol. The molecule has 1 N–H and O–H groups in total. The first kappa shape index (κ1) is 21.1. The Morgan fingerprint density at radius 1 is 1.26 bits per heavy atom. The molecule has 1 aromatic heterocycles. The highest BCUT2D eigenvalue weighted by Crippen LogP contribution is 2.32. The van der Waals surface area contributed by atoms with Crippen LogP contribution in [0, 0.1) is 0 Å². The molecule has 10 nitrogen and oxygen atoms in total. The van der Waals surface area contributed by atoms with E-state index in [-0.39, 0.29) is 18.5 Å². The number of aromatic nitrogens is 3. The summed E-state index contributed by atoms with van der Waals surface area (Å²) < 4.78 is 13.7. The van der Waals surface area contributed by atoms with E-state index >= 15 is 0 Å². The van der Waals surface area contributed by atoms with Crippen molar-refractivity contribution in [2.24, 2.45) is 0 Å². The second-order valence-corrected chi connectivity index (χ2v) is 8.19. The molecule has 1 aromatic carbocycles.